The molecule has 1 fully saturated rings. The zero-order chi connectivity index (χ0) is 18.2. The van der Waals surface area contributed by atoms with E-state index >= 15 is 0 Å². The number of aliphatic hydroxyl groups excluding tert-OH is 1. The lowest BCUT2D eigenvalue weighted by atomic mass is 9.95. The Balaban J connectivity index is 1.91. The number of hydrogen-bond donors (Lipinski definition) is 2. The van der Waals surface area contributed by atoms with Gasteiger partial charge in [0.2, 0.25) is 11.8 Å². The number of nitrogens with zero attached hydrogens (tertiary/aromatic N) is 1. The smallest absolute Gasteiger partial charge is 0.225 e. The van der Waals surface area contributed by atoms with Crippen LogP contribution in [0.25, 0.3) is 0 Å². The van der Waals surface area contributed by atoms with Crippen molar-refractivity contribution in [1.82, 2.24) is 10.2 Å². The molecule has 2 N–H and O–H groups in total. The van der Waals surface area contributed by atoms with E-state index in [9.17, 15) is 14.7 Å². The Kier molecular flexibility index (Phi) is 7.44. The molecule has 1 aliphatic heterocycles. The van der Waals surface area contributed by atoms with Gasteiger partial charge in [-0.25, -0.2) is 0 Å². The summed E-state index contributed by atoms with van der Waals surface area (Å²) in [4.78, 5) is 26.8. The van der Waals surface area contributed by atoms with E-state index in [4.69, 9.17) is 0 Å². The maximum Gasteiger partial charge on any atom is 0.225 e. The van der Waals surface area contributed by atoms with Crippen molar-refractivity contribution in [3.8, 4) is 0 Å². The summed E-state index contributed by atoms with van der Waals surface area (Å²) in [6, 6.07) is 9.52. The lowest BCUT2D eigenvalue weighted by Gasteiger charge is -2.34. The topological polar surface area (TPSA) is 69.6 Å². The van der Waals surface area contributed by atoms with Gasteiger partial charge in [0.05, 0.1) is 18.6 Å². The molecule has 3 atom stereocenters. The Bertz CT molecular complexity index is 561. The average molecular weight is 346 g/mol. The summed E-state index contributed by atoms with van der Waals surface area (Å²) in [7, 11) is 0. The van der Waals surface area contributed by atoms with Crippen molar-refractivity contribution in [3.05, 3.63) is 35.9 Å². The van der Waals surface area contributed by atoms with E-state index in [0.717, 1.165) is 31.4 Å². The molecule has 0 radical (unpaired) electrons. The molecular formula is C20H30N2O3. The lowest BCUT2D eigenvalue weighted by molar-refractivity contribution is -0.139. The van der Waals surface area contributed by atoms with E-state index in [2.05, 4.69) is 5.32 Å². The summed E-state index contributed by atoms with van der Waals surface area (Å²) in [5.41, 5.74) is 1.08. The van der Waals surface area contributed by atoms with Gasteiger partial charge in [-0.3, -0.25) is 9.59 Å². The van der Waals surface area contributed by atoms with Crippen LogP contribution in [0.5, 0.6) is 0 Å². The van der Waals surface area contributed by atoms with Crippen molar-refractivity contribution < 1.29 is 14.7 Å². The largest absolute Gasteiger partial charge is 0.394 e. The summed E-state index contributed by atoms with van der Waals surface area (Å²) < 4.78 is 0. The van der Waals surface area contributed by atoms with E-state index in [1.165, 1.54) is 0 Å². The van der Waals surface area contributed by atoms with E-state index in [0.29, 0.717) is 13.0 Å². The van der Waals surface area contributed by atoms with Gasteiger partial charge in [-0.2, -0.15) is 0 Å². The number of piperidine rings is 1. The normalized spacial score (nSPS) is 20.0. The Hall–Kier alpha value is -1.88. The van der Waals surface area contributed by atoms with Crippen LogP contribution in [0.2, 0.25) is 0 Å². The Morgan fingerprint density at radius 3 is 2.68 bits per heavy atom. The molecule has 2 rings (SSSR count). The first kappa shape index (κ1) is 19.4. The molecular weight excluding hydrogens is 316 g/mol. The first-order valence-corrected chi connectivity index (χ1v) is 9.29. The second-order valence-electron chi connectivity index (χ2n) is 7.01. The molecule has 1 aromatic rings. The molecule has 2 amide bonds. The van der Waals surface area contributed by atoms with E-state index in [1.807, 2.05) is 49.1 Å². The number of amides is 2. The number of carbonyl (C=O) groups is 2. The molecule has 25 heavy (non-hydrogen) atoms. The highest BCUT2D eigenvalue weighted by Gasteiger charge is 2.30. The average Bonchev–Trinajstić information content (AvgIpc) is 2.67. The number of rotatable bonds is 7. The molecule has 1 saturated heterocycles. The van der Waals surface area contributed by atoms with Gasteiger partial charge in [0.15, 0.2) is 0 Å². The minimum atomic E-state index is -0.296. The van der Waals surface area contributed by atoms with Gasteiger partial charge in [-0.1, -0.05) is 44.2 Å². The fraction of sp³-hybridized carbons (Fsp3) is 0.600. The third-order valence-corrected chi connectivity index (χ3v) is 5.03. The molecule has 5 heteroatoms. The van der Waals surface area contributed by atoms with Gasteiger partial charge in [0.1, 0.15) is 0 Å². The first-order valence-electron chi connectivity index (χ1n) is 9.29. The van der Waals surface area contributed by atoms with Gasteiger partial charge in [-0.05, 0) is 31.2 Å². The predicted molar refractivity (Wildman–Crippen MR) is 97.9 cm³/mol. The summed E-state index contributed by atoms with van der Waals surface area (Å²) >= 11 is 0. The van der Waals surface area contributed by atoms with Crippen LogP contribution in [-0.4, -0.2) is 47.6 Å². The standard InChI is InChI=1S/C20H30N2O3/c1-3-15(2)20(25)22-11-7-10-17(13-22)19(24)21-18(14-23)12-16-8-5-4-6-9-16/h4-6,8-9,15,17-18,23H,3,7,10-14H2,1-2H3,(H,21,24)/t15-,17-,18+/m0/s1. The van der Waals surface area contributed by atoms with Crippen molar-refractivity contribution in [3.63, 3.8) is 0 Å². The molecule has 0 aliphatic carbocycles. The summed E-state index contributed by atoms with van der Waals surface area (Å²) in [6.45, 7) is 5.07. The fourth-order valence-electron chi connectivity index (χ4n) is 3.26. The van der Waals surface area contributed by atoms with Crippen molar-refractivity contribution in [2.75, 3.05) is 19.7 Å². The van der Waals surface area contributed by atoms with Gasteiger partial charge in [-0.15, -0.1) is 0 Å². The van der Waals surface area contributed by atoms with Crippen LogP contribution >= 0.6 is 0 Å². The maximum atomic E-state index is 12.6. The zero-order valence-electron chi connectivity index (χ0n) is 15.3. The van der Waals surface area contributed by atoms with Crippen LogP contribution in [0, 0.1) is 11.8 Å². The molecule has 5 nitrogen and oxygen atoms in total. The van der Waals surface area contributed by atoms with E-state index in [1.54, 1.807) is 0 Å². The number of nitrogens with one attached hydrogen (secondary N) is 1. The van der Waals surface area contributed by atoms with Crippen molar-refractivity contribution in [2.24, 2.45) is 11.8 Å². The number of likely N-dealkylation sites (tertiary alicyclic amines) is 1. The molecule has 1 aliphatic rings. The van der Waals surface area contributed by atoms with Crippen molar-refractivity contribution in [2.45, 2.75) is 45.6 Å². The highest BCUT2D eigenvalue weighted by atomic mass is 16.3. The van der Waals surface area contributed by atoms with E-state index < -0.39 is 0 Å². The van der Waals surface area contributed by atoms with Crippen molar-refractivity contribution >= 4 is 11.8 Å². The van der Waals surface area contributed by atoms with Gasteiger partial charge in [0, 0.05) is 19.0 Å². The maximum absolute atomic E-state index is 12.6. The lowest BCUT2D eigenvalue weighted by Crippen LogP contribution is -2.49. The second-order valence-corrected chi connectivity index (χ2v) is 7.01. The Morgan fingerprint density at radius 1 is 1.32 bits per heavy atom. The molecule has 0 aromatic heterocycles. The molecule has 0 spiro atoms. The fourth-order valence-corrected chi connectivity index (χ4v) is 3.26. The number of benzene rings is 1. The summed E-state index contributed by atoms with van der Waals surface area (Å²) in [6.07, 6.45) is 3.06. The predicted octanol–water partition coefficient (Wildman–Crippen LogP) is 1.99. The number of aliphatic hydroxyl groups is 1. The summed E-state index contributed by atoms with van der Waals surface area (Å²) in [5.74, 6) is -0.101. The monoisotopic (exact) mass is 346 g/mol. The Labute approximate surface area is 150 Å². The van der Waals surface area contributed by atoms with Crippen LogP contribution in [0.1, 0.15) is 38.7 Å². The molecule has 0 bridgehead atoms. The minimum Gasteiger partial charge on any atom is -0.394 e. The molecule has 1 heterocycles. The Morgan fingerprint density at radius 2 is 2.04 bits per heavy atom. The highest BCUT2D eigenvalue weighted by Crippen LogP contribution is 2.20. The SMILES string of the molecule is CC[C@H](C)C(=O)N1CCC[C@H](C(=O)N[C@@H](CO)Cc2ccccc2)C1. The van der Waals surface area contributed by atoms with Crippen LogP contribution in [0.4, 0.5) is 0 Å². The molecule has 138 valence electrons. The summed E-state index contributed by atoms with van der Waals surface area (Å²) in [5, 5.41) is 12.6. The van der Waals surface area contributed by atoms with Crippen LogP contribution < -0.4 is 5.32 Å². The van der Waals surface area contributed by atoms with Crippen LogP contribution in [0.3, 0.4) is 0 Å². The van der Waals surface area contributed by atoms with Crippen LogP contribution in [-0.2, 0) is 16.0 Å². The number of carbonyl (C=O) groups excluding carboxylic acids is 2. The zero-order valence-corrected chi connectivity index (χ0v) is 15.3. The highest BCUT2D eigenvalue weighted by molar-refractivity contribution is 5.82. The quantitative estimate of drug-likeness (QED) is 0.793. The second kappa shape index (κ2) is 9.56. The first-order chi connectivity index (χ1) is 12.0. The van der Waals surface area contributed by atoms with E-state index in [-0.39, 0.29) is 36.3 Å². The van der Waals surface area contributed by atoms with Crippen LogP contribution in [0.15, 0.2) is 30.3 Å². The van der Waals surface area contributed by atoms with Gasteiger partial charge >= 0.3 is 0 Å². The minimum absolute atomic E-state index is 0.00471. The van der Waals surface area contributed by atoms with Crippen molar-refractivity contribution in [1.29, 1.82) is 0 Å². The number of hydrogen-bond acceptors (Lipinski definition) is 3. The molecule has 0 unspecified atom stereocenters. The van der Waals surface area contributed by atoms with Gasteiger partial charge < -0.3 is 15.3 Å². The van der Waals surface area contributed by atoms with Gasteiger partial charge in [0.25, 0.3) is 0 Å². The molecule has 0 saturated carbocycles. The third kappa shape index (κ3) is 5.56. The molecule has 1 aromatic carbocycles. The third-order valence-electron chi connectivity index (χ3n) is 5.03.